The number of thiazole rings is 1. The SMILES string of the molecule is CNS(=O)(=O)c1ccccc1NCc1csc(=O)[nH]1. The first-order valence-electron chi connectivity index (χ1n) is 5.46. The summed E-state index contributed by atoms with van der Waals surface area (Å²) in [4.78, 5) is 13.7. The third kappa shape index (κ3) is 3.22. The molecule has 0 saturated heterocycles. The second-order valence-corrected chi connectivity index (χ2v) is 6.43. The molecule has 0 saturated carbocycles. The van der Waals surface area contributed by atoms with Gasteiger partial charge in [-0.15, -0.1) is 0 Å². The van der Waals surface area contributed by atoms with Gasteiger partial charge in [-0.2, -0.15) is 0 Å². The van der Waals surface area contributed by atoms with Crippen LogP contribution < -0.4 is 14.9 Å². The van der Waals surface area contributed by atoms with Crippen LogP contribution in [0.25, 0.3) is 0 Å². The highest BCUT2D eigenvalue weighted by Crippen LogP contribution is 2.20. The molecule has 19 heavy (non-hydrogen) atoms. The van der Waals surface area contributed by atoms with Gasteiger partial charge in [-0.25, -0.2) is 13.1 Å². The summed E-state index contributed by atoms with van der Waals surface area (Å²) in [6.07, 6.45) is 0. The molecule has 0 unspecified atom stereocenters. The van der Waals surface area contributed by atoms with Crippen LogP contribution in [0.15, 0.2) is 39.3 Å². The number of anilines is 1. The predicted octanol–water partition coefficient (Wildman–Crippen LogP) is 0.957. The molecule has 0 amide bonds. The highest BCUT2D eigenvalue weighted by molar-refractivity contribution is 7.89. The summed E-state index contributed by atoms with van der Waals surface area (Å²) in [6.45, 7) is 0.356. The van der Waals surface area contributed by atoms with E-state index in [-0.39, 0.29) is 9.77 Å². The first kappa shape index (κ1) is 13.8. The van der Waals surface area contributed by atoms with Crippen molar-refractivity contribution >= 4 is 27.0 Å². The van der Waals surface area contributed by atoms with E-state index in [9.17, 15) is 13.2 Å². The van der Waals surface area contributed by atoms with Gasteiger partial charge in [-0.3, -0.25) is 4.79 Å². The maximum atomic E-state index is 11.8. The summed E-state index contributed by atoms with van der Waals surface area (Å²) in [5.41, 5.74) is 1.20. The predicted molar refractivity (Wildman–Crippen MR) is 75.0 cm³/mol. The van der Waals surface area contributed by atoms with Crippen molar-refractivity contribution in [1.82, 2.24) is 9.71 Å². The van der Waals surface area contributed by atoms with Gasteiger partial charge < -0.3 is 10.3 Å². The summed E-state index contributed by atoms with van der Waals surface area (Å²) in [7, 11) is -2.15. The fourth-order valence-electron chi connectivity index (χ4n) is 1.55. The van der Waals surface area contributed by atoms with Crippen molar-refractivity contribution in [3.05, 3.63) is 45.0 Å². The van der Waals surface area contributed by atoms with Crippen molar-refractivity contribution in [3.8, 4) is 0 Å². The van der Waals surface area contributed by atoms with Crippen LogP contribution in [-0.4, -0.2) is 20.4 Å². The number of rotatable bonds is 5. The molecule has 0 aliphatic carbocycles. The van der Waals surface area contributed by atoms with E-state index in [4.69, 9.17) is 0 Å². The zero-order valence-corrected chi connectivity index (χ0v) is 11.8. The average Bonchev–Trinajstić information content (AvgIpc) is 2.82. The van der Waals surface area contributed by atoms with E-state index in [0.29, 0.717) is 17.9 Å². The maximum absolute atomic E-state index is 11.8. The van der Waals surface area contributed by atoms with Crippen LogP contribution in [0.3, 0.4) is 0 Å². The molecule has 0 aliphatic rings. The van der Waals surface area contributed by atoms with E-state index in [1.54, 1.807) is 23.6 Å². The molecule has 6 nitrogen and oxygen atoms in total. The fourth-order valence-corrected chi connectivity index (χ4v) is 3.04. The second kappa shape index (κ2) is 5.55. The van der Waals surface area contributed by atoms with E-state index >= 15 is 0 Å². The Balaban J connectivity index is 2.24. The zero-order chi connectivity index (χ0) is 13.9. The molecule has 1 aromatic heterocycles. The number of para-hydroxylation sites is 1. The second-order valence-electron chi connectivity index (χ2n) is 3.73. The topological polar surface area (TPSA) is 91.1 Å². The molecule has 0 atom stereocenters. The van der Waals surface area contributed by atoms with Crippen LogP contribution in [0.2, 0.25) is 0 Å². The Morgan fingerprint density at radius 2 is 2.05 bits per heavy atom. The monoisotopic (exact) mass is 299 g/mol. The minimum atomic E-state index is -3.51. The van der Waals surface area contributed by atoms with Crippen molar-refractivity contribution in [3.63, 3.8) is 0 Å². The van der Waals surface area contributed by atoms with Crippen molar-refractivity contribution in [1.29, 1.82) is 0 Å². The molecule has 2 aromatic rings. The van der Waals surface area contributed by atoms with Crippen molar-refractivity contribution < 1.29 is 8.42 Å². The average molecular weight is 299 g/mol. The standard InChI is InChI=1S/C11H13N3O3S2/c1-12-19(16,17)10-5-3-2-4-9(10)13-6-8-7-18-11(15)14-8/h2-5,7,12-13H,6H2,1H3,(H,14,15). The number of nitrogens with one attached hydrogen (secondary N) is 3. The summed E-state index contributed by atoms with van der Waals surface area (Å²) in [5, 5.41) is 4.70. The number of benzene rings is 1. The molecule has 0 spiro atoms. The summed E-state index contributed by atoms with van der Waals surface area (Å²) in [5.74, 6) is 0. The molecule has 2 rings (SSSR count). The quantitative estimate of drug-likeness (QED) is 0.767. The van der Waals surface area contributed by atoms with Gasteiger partial charge in [0.1, 0.15) is 4.90 Å². The van der Waals surface area contributed by atoms with Crippen LogP contribution in [0.5, 0.6) is 0 Å². The third-order valence-electron chi connectivity index (χ3n) is 2.49. The smallest absolute Gasteiger partial charge is 0.304 e. The summed E-state index contributed by atoms with van der Waals surface area (Å²) >= 11 is 1.07. The number of H-pyrrole nitrogens is 1. The largest absolute Gasteiger partial charge is 0.378 e. The molecule has 0 radical (unpaired) electrons. The van der Waals surface area contributed by atoms with Gasteiger partial charge in [0.05, 0.1) is 12.2 Å². The number of sulfonamides is 1. The van der Waals surface area contributed by atoms with Crippen molar-refractivity contribution in [2.75, 3.05) is 12.4 Å². The van der Waals surface area contributed by atoms with E-state index in [2.05, 4.69) is 15.0 Å². The zero-order valence-electron chi connectivity index (χ0n) is 10.1. The Labute approximate surface area is 114 Å². The highest BCUT2D eigenvalue weighted by atomic mass is 32.2. The Hall–Kier alpha value is -1.64. The Morgan fingerprint density at radius 3 is 2.68 bits per heavy atom. The van der Waals surface area contributed by atoms with Gasteiger partial charge in [-0.05, 0) is 19.2 Å². The molecule has 102 valence electrons. The maximum Gasteiger partial charge on any atom is 0.304 e. The molecule has 0 fully saturated rings. The summed E-state index contributed by atoms with van der Waals surface area (Å²) < 4.78 is 25.9. The third-order valence-corrected chi connectivity index (χ3v) is 4.68. The lowest BCUT2D eigenvalue weighted by Gasteiger charge is -2.11. The van der Waals surface area contributed by atoms with Gasteiger partial charge in [0.25, 0.3) is 0 Å². The van der Waals surface area contributed by atoms with E-state index in [1.165, 1.54) is 13.1 Å². The first-order valence-corrected chi connectivity index (χ1v) is 7.82. The summed E-state index contributed by atoms with van der Waals surface area (Å²) in [6, 6.07) is 6.59. The molecular formula is C11H13N3O3S2. The van der Waals surface area contributed by atoms with Crippen LogP contribution in [-0.2, 0) is 16.6 Å². The lowest BCUT2D eigenvalue weighted by molar-refractivity contribution is 0.588. The fraction of sp³-hybridized carbons (Fsp3) is 0.182. The van der Waals surface area contributed by atoms with Crippen molar-refractivity contribution in [2.24, 2.45) is 0 Å². The van der Waals surface area contributed by atoms with E-state index in [1.807, 2.05) is 0 Å². The number of aromatic amines is 1. The van der Waals surface area contributed by atoms with Gasteiger partial charge in [0.2, 0.25) is 10.0 Å². The number of aromatic nitrogens is 1. The van der Waals surface area contributed by atoms with Gasteiger partial charge in [0, 0.05) is 11.1 Å². The molecule has 0 aliphatic heterocycles. The van der Waals surface area contributed by atoms with Gasteiger partial charge in [-0.1, -0.05) is 23.5 Å². The minimum Gasteiger partial charge on any atom is -0.378 e. The van der Waals surface area contributed by atoms with Crippen LogP contribution in [0.4, 0.5) is 5.69 Å². The van der Waals surface area contributed by atoms with Crippen LogP contribution in [0, 0.1) is 0 Å². The first-order chi connectivity index (χ1) is 9.03. The lowest BCUT2D eigenvalue weighted by Crippen LogP contribution is -2.20. The van der Waals surface area contributed by atoms with E-state index < -0.39 is 10.0 Å². The number of hydrogen-bond donors (Lipinski definition) is 3. The molecular weight excluding hydrogens is 286 g/mol. The van der Waals surface area contributed by atoms with Crippen LogP contribution >= 0.6 is 11.3 Å². The number of hydrogen-bond acceptors (Lipinski definition) is 5. The van der Waals surface area contributed by atoms with Gasteiger partial charge in [0.15, 0.2) is 0 Å². The molecule has 3 N–H and O–H groups in total. The minimum absolute atomic E-state index is 0.132. The van der Waals surface area contributed by atoms with Crippen LogP contribution in [0.1, 0.15) is 5.69 Å². The lowest BCUT2D eigenvalue weighted by atomic mass is 10.3. The molecule has 8 heteroatoms. The van der Waals surface area contributed by atoms with E-state index in [0.717, 1.165) is 11.3 Å². The van der Waals surface area contributed by atoms with Crippen molar-refractivity contribution in [2.45, 2.75) is 11.4 Å². The molecule has 1 heterocycles. The molecule has 1 aromatic carbocycles. The Bertz CT molecular complexity index is 719. The Morgan fingerprint density at radius 1 is 1.32 bits per heavy atom. The highest BCUT2D eigenvalue weighted by Gasteiger charge is 2.15. The normalized spacial score (nSPS) is 11.4. The Kier molecular flexibility index (Phi) is 4.03. The molecule has 0 bridgehead atoms. The van der Waals surface area contributed by atoms with Gasteiger partial charge >= 0.3 is 4.87 Å².